The van der Waals surface area contributed by atoms with Crippen molar-refractivity contribution in [2.24, 2.45) is 0 Å². The quantitative estimate of drug-likeness (QED) is 0.767. The summed E-state index contributed by atoms with van der Waals surface area (Å²) < 4.78 is 0. The number of aryl methyl sites for hydroxylation is 1. The van der Waals surface area contributed by atoms with Crippen molar-refractivity contribution in [3.05, 3.63) is 44.8 Å². The minimum atomic E-state index is 0.173. The first kappa shape index (κ1) is 18.6. The fourth-order valence-corrected chi connectivity index (χ4v) is 4.81. The van der Waals surface area contributed by atoms with E-state index >= 15 is 0 Å². The number of hydrogen-bond donors (Lipinski definition) is 1. The fraction of sp³-hybridized carbons (Fsp3) is 0.526. The number of likely N-dealkylation sites (N-methyl/N-ethyl adjacent to an activating group) is 1. The molecule has 1 saturated heterocycles. The zero-order chi connectivity index (χ0) is 17.5. The third kappa shape index (κ3) is 5.64. The first-order valence-corrected chi connectivity index (χ1v) is 10.7. The number of nitrogens with zero attached hydrogens (tertiary/aromatic N) is 2. The molecule has 1 amide bonds. The normalized spacial score (nSPS) is 17.5. The maximum atomic E-state index is 12.2. The average Bonchev–Trinajstić information content (AvgIpc) is 3.30. The lowest BCUT2D eigenvalue weighted by molar-refractivity contribution is -0.121. The Morgan fingerprint density at radius 3 is 2.60 bits per heavy atom. The lowest BCUT2D eigenvalue weighted by Crippen LogP contribution is -2.48. The van der Waals surface area contributed by atoms with Crippen molar-refractivity contribution in [2.75, 3.05) is 39.8 Å². The van der Waals surface area contributed by atoms with Crippen LogP contribution < -0.4 is 5.32 Å². The van der Waals surface area contributed by atoms with Crippen molar-refractivity contribution in [1.29, 1.82) is 0 Å². The Kier molecular flexibility index (Phi) is 7.04. The zero-order valence-electron chi connectivity index (χ0n) is 14.8. The van der Waals surface area contributed by atoms with Gasteiger partial charge >= 0.3 is 0 Å². The molecular formula is C19H27N3OS2. The lowest BCUT2D eigenvalue weighted by Gasteiger charge is -2.37. The van der Waals surface area contributed by atoms with E-state index in [2.05, 4.69) is 57.2 Å². The molecule has 0 aliphatic carbocycles. The summed E-state index contributed by atoms with van der Waals surface area (Å²) in [7, 11) is 2.17. The van der Waals surface area contributed by atoms with Crippen LogP contribution in [0.4, 0.5) is 0 Å². The van der Waals surface area contributed by atoms with Crippen molar-refractivity contribution < 1.29 is 4.79 Å². The number of carbonyl (C=O) groups is 1. The van der Waals surface area contributed by atoms with Gasteiger partial charge in [0.05, 0.1) is 6.04 Å². The highest BCUT2D eigenvalue weighted by atomic mass is 32.1. The fourth-order valence-electron chi connectivity index (χ4n) is 3.20. The highest BCUT2D eigenvalue weighted by Crippen LogP contribution is 2.25. The van der Waals surface area contributed by atoms with Gasteiger partial charge in [0.15, 0.2) is 0 Å². The number of carbonyl (C=O) groups excluding carboxylic acids is 1. The molecule has 1 fully saturated rings. The molecule has 1 unspecified atom stereocenters. The summed E-state index contributed by atoms with van der Waals surface area (Å²) in [5, 5.41) is 7.40. The Hall–Kier alpha value is -1.21. The molecule has 0 aromatic carbocycles. The van der Waals surface area contributed by atoms with Gasteiger partial charge in [-0.05, 0) is 42.8 Å². The molecule has 1 N–H and O–H groups in total. The smallest absolute Gasteiger partial charge is 0.220 e. The van der Waals surface area contributed by atoms with E-state index in [1.165, 1.54) is 9.75 Å². The Morgan fingerprint density at radius 1 is 1.16 bits per heavy atom. The van der Waals surface area contributed by atoms with Crippen molar-refractivity contribution >= 4 is 28.6 Å². The topological polar surface area (TPSA) is 35.6 Å². The first-order chi connectivity index (χ1) is 12.2. The van der Waals surface area contributed by atoms with Gasteiger partial charge in [0.1, 0.15) is 0 Å². The lowest BCUT2D eigenvalue weighted by atomic mass is 10.1. The van der Waals surface area contributed by atoms with Crippen molar-refractivity contribution in [1.82, 2.24) is 15.1 Å². The van der Waals surface area contributed by atoms with Gasteiger partial charge in [0.2, 0.25) is 5.91 Å². The van der Waals surface area contributed by atoms with Crippen LogP contribution in [0, 0.1) is 0 Å². The van der Waals surface area contributed by atoms with Crippen molar-refractivity contribution in [2.45, 2.75) is 25.3 Å². The van der Waals surface area contributed by atoms with Gasteiger partial charge in [-0.15, -0.1) is 22.7 Å². The minimum absolute atomic E-state index is 0.173. The number of amides is 1. The molecule has 136 valence electrons. The standard InChI is InChI=1S/C19H27N3OS2/c1-21-9-11-22(12-10-21)17(18-7-4-14-25-18)15-20-19(23)8-2-5-16-6-3-13-24-16/h3-4,6-7,13-14,17H,2,5,8-12,15H2,1H3,(H,20,23). The third-order valence-electron chi connectivity index (χ3n) is 4.75. The molecular weight excluding hydrogens is 350 g/mol. The molecule has 1 atom stereocenters. The summed E-state index contributed by atoms with van der Waals surface area (Å²) in [5.41, 5.74) is 0. The van der Waals surface area contributed by atoms with E-state index in [0.29, 0.717) is 19.0 Å². The van der Waals surface area contributed by atoms with Crippen LogP contribution in [0.2, 0.25) is 0 Å². The molecule has 6 heteroatoms. The summed E-state index contributed by atoms with van der Waals surface area (Å²) in [4.78, 5) is 19.8. The Balaban J connectivity index is 1.47. The van der Waals surface area contributed by atoms with Crippen LogP contribution in [0.25, 0.3) is 0 Å². The Labute approximate surface area is 158 Å². The van der Waals surface area contributed by atoms with Crippen molar-refractivity contribution in [3.63, 3.8) is 0 Å². The van der Waals surface area contributed by atoms with Gasteiger partial charge in [-0.3, -0.25) is 9.69 Å². The largest absolute Gasteiger partial charge is 0.354 e. The summed E-state index contributed by atoms with van der Waals surface area (Å²) >= 11 is 3.56. The van der Waals surface area contributed by atoms with E-state index in [4.69, 9.17) is 0 Å². The predicted molar refractivity (Wildman–Crippen MR) is 106 cm³/mol. The van der Waals surface area contributed by atoms with Crippen LogP contribution in [0.3, 0.4) is 0 Å². The molecule has 0 spiro atoms. The minimum Gasteiger partial charge on any atom is -0.354 e. The van der Waals surface area contributed by atoms with Gasteiger partial charge in [0.25, 0.3) is 0 Å². The first-order valence-electron chi connectivity index (χ1n) is 8.97. The second-order valence-electron chi connectivity index (χ2n) is 6.61. The molecule has 1 aliphatic rings. The van der Waals surface area contributed by atoms with E-state index in [9.17, 15) is 4.79 Å². The number of hydrogen-bond acceptors (Lipinski definition) is 5. The van der Waals surface area contributed by atoms with Crippen LogP contribution in [0.1, 0.15) is 28.6 Å². The van der Waals surface area contributed by atoms with Gasteiger partial charge in [-0.2, -0.15) is 0 Å². The molecule has 2 aromatic rings. The molecule has 0 saturated carbocycles. The van der Waals surface area contributed by atoms with Crippen molar-refractivity contribution in [3.8, 4) is 0 Å². The second-order valence-corrected chi connectivity index (χ2v) is 8.62. The summed E-state index contributed by atoms with van der Waals surface area (Å²) in [5.74, 6) is 0.173. The maximum absolute atomic E-state index is 12.2. The number of rotatable bonds is 8. The van der Waals surface area contributed by atoms with Crippen LogP contribution in [-0.2, 0) is 11.2 Å². The van der Waals surface area contributed by atoms with E-state index in [-0.39, 0.29) is 5.91 Å². The second kappa shape index (κ2) is 9.48. The molecule has 25 heavy (non-hydrogen) atoms. The van der Waals surface area contributed by atoms with Crippen LogP contribution in [0.15, 0.2) is 35.0 Å². The molecule has 3 heterocycles. The van der Waals surface area contributed by atoms with Crippen LogP contribution >= 0.6 is 22.7 Å². The molecule has 2 aromatic heterocycles. The molecule has 4 nitrogen and oxygen atoms in total. The Bertz CT molecular complexity index is 619. The van der Waals surface area contributed by atoms with E-state index in [0.717, 1.165) is 39.0 Å². The SMILES string of the molecule is CN1CCN(C(CNC(=O)CCCc2cccs2)c2cccs2)CC1. The summed E-state index contributed by atoms with van der Waals surface area (Å²) in [6.07, 6.45) is 2.53. The zero-order valence-corrected chi connectivity index (χ0v) is 16.5. The van der Waals surface area contributed by atoms with E-state index < -0.39 is 0 Å². The highest BCUT2D eigenvalue weighted by molar-refractivity contribution is 7.10. The summed E-state index contributed by atoms with van der Waals surface area (Å²) in [6, 6.07) is 8.81. The highest BCUT2D eigenvalue weighted by Gasteiger charge is 2.24. The summed E-state index contributed by atoms with van der Waals surface area (Å²) in [6.45, 7) is 5.02. The van der Waals surface area contributed by atoms with Gasteiger partial charge in [-0.25, -0.2) is 0 Å². The van der Waals surface area contributed by atoms with E-state index in [1.807, 2.05) is 0 Å². The molecule has 1 aliphatic heterocycles. The molecule has 0 bridgehead atoms. The monoisotopic (exact) mass is 377 g/mol. The van der Waals surface area contributed by atoms with Gasteiger partial charge < -0.3 is 10.2 Å². The average molecular weight is 378 g/mol. The van der Waals surface area contributed by atoms with E-state index in [1.54, 1.807) is 22.7 Å². The predicted octanol–water partition coefficient (Wildman–Crippen LogP) is 3.24. The number of thiophene rings is 2. The number of nitrogens with one attached hydrogen (secondary N) is 1. The van der Waals surface area contributed by atoms with Crippen LogP contribution in [-0.4, -0.2) is 55.5 Å². The van der Waals surface area contributed by atoms with Gasteiger partial charge in [0, 0.05) is 48.9 Å². The van der Waals surface area contributed by atoms with Crippen LogP contribution in [0.5, 0.6) is 0 Å². The molecule has 3 rings (SSSR count). The third-order valence-corrected chi connectivity index (χ3v) is 6.66. The molecule has 0 radical (unpaired) electrons. The Morgan fingerprint density at radius 2 is 1.92 bits per heavy atom. The van der Waals surface area contributed by atoms with Gasteiger partial charge in [-0.1, -0.05) is 12.1 Å². The maximum Gasteiger partial charge on any atom is 0.220 e. The number of piperazine rings is 1.